The zero-order valence-electron chi connectivity index (χ0n) is 4.01. The van der Waals surface area contributed by atoms with E-state index in [1.165, 1.54) is 0 Å². The molecule has 7 nitrogen and oxygen atoms in total. The van der Waals surface area contributed by atoms with Crippen LogP contribution in [0.1, 0.15) is 0 Å². The third-order valence-electron chi connectivity index (χ3n) is 0.197. The molecule has 0 aliphatic carbocycles. The van der Waals surface area contributed by atoms with E-state index in [2.05, 4.69) is 4.52 Å². The molecule has 0 unspecified atom stereocenters. The van der Waals surface area contributed by atoms with Crippen molar-refractivity contribution in [1.29, 1.82) is 0 Å². The molecule has 0 aromatic rings. The van der Waals surface area contributed by atoms with Crippen LogP contribution in [0, 0.1) is 0 Å². The van der Waals surface area contributed by atoms with Gasteiger partial charge in [0.1, 0.15) is 0 Å². The second-order valence-corrected chi connectivity index (χ2v) is 2.01. The summed E-state index contributed by atoms with van der Waals surface area (Å²) in [5, 5.41) is 7.53. The van der Waals surface area contributed by atoms with Gasteiger partial charge in [0.2, 0.25) is 0 Å². The molecule has 0 rings (SSSR count). The Labute approximate surface area is 85.5 Å². The van der Waals surface area contributed by atoms with E-state index in [4.69, 9.17) is 14.9 Å². The predicted molar refractivity (Wildman–Crippen MR) is 33.3 cm³/mol. The van der Waals surface area contributed by atoms with E-state index < -0.39 is 14.0 Å². The van der Waals surface area contributed by atoms with Gasteiger partial charge in [-0.25, -0.2) is 9.36 Å². The molecule has 0 heterocycles. The molecular weight excluding hydrogens is 195 g/mol. The number of phosphoric acid groups is 1. The normalized spacial score (nSPS) is 8.60. The molecule has 0 fully saturated rings. The Morgan fingerprint density at radius 1 is 1.40 bits per heavy atom. The summed E-state index contributed by atoms with van der Waals surface area (Å²) in [6.45, 7) is 0. The minimum absolute atomic E-state index is 0. The van der Waals surface area contributed by atoms with Crippen LogP contribution in [0.3, 0.4) is 0 Å². The van der Waals surface area contributed by atoms with Crippen LogP contribution in [-0.2, 0) is 9.09 Å². The Balaban J connectivity index is -0.000000245. The molecular formula is CH7CaO7P. The fourth-order valence-corrected chi connectivity index (χ4v) is 0.305. The van der Waals surface area contributed by atoms with Crippen LogP contribution in [0.5, 0.6) is 0 Å². The van der Waals surface area contributed by atoms with Crippen LogP contribution in [0.2, 0.25) is 0 Å². The first-order valence-electron chi connectivity index (χ1n) is 1.40. The van der Waals surface area contributed by atoms with Crippen molar-refractivity contribution in [2.75, 3.05) is 0 Å². The molecule has 9 heteroatoms. The van der Waals surface area contributed by atoms with Gasteiger partial charge in [0, 0.05) is 0 Å². The molecule has 0 saturated heterocycles. The van der Waals surface area contributed by atoms with E-state index in [-0.39, 0.29) is 43.2 Å². The first-order valence-corrected chi connectivity index (χ1v) is 2.93. The fraction of sp³-hybridized carbons (Fsp3) is 0. The topological polar surface area (TPSA) is 136 Å². The van der Waals surface area contributed by atoms with Crippen molar-refractivity contribution in [3.63, 3.8) is 0 Å². The van der Waals surface area contributed by atoms with Gasteiger partial charge in [-0.1, -0.05) is 0 Å². The first-order chi connectivity index (χ1) is 3.42. The van der Waals surface area contributed by atoms with E-state index in [0.717, 1.165) is 0 Å². The molecule has 0 saturated carbocycles. The van der Waals surface area contributed by atoms with Gasteiger partial charge in [0.15, 0.2) is 0 Å². The average molecular weight is 202 g/mol. The molecule has 0 spiro atoms. The number of hydrogen-bond donors (Lipinski definition) is 3. The number of rotatable bonds is 1. The molecule has 0 aliphatic rings. The molecule has 0 aromatic carbocycles. The molecule has 10 heavy (non-hydrogen) atoms. The summed E-state index contributed by atoms with van der Waals surface area (Å²) >= 11 is 0. The molecule has 0 radical (unpaired) electrons. The molecule has 0 bridgehead atoms. The fourth-order valence-electron chi connectivity index (χ4n) is 0.102. The van der Waals surface area contributed by atoms with Crippen molar-refractivity contribution in [2.45, 2.75) is 0 Å². The second-order valence-electron chi connectivity index (χ2n) is 0.848. The minimum atomic E-state index is -4.82. The summed E-state index contributed by atoms with van der Waals surface area (Å²) in [6, 6.07) is 0. The van der Waals surface area contributed by atoms with Crippen LogP contribution in [0.25, 0.3) is 0 Å². The van der Waals surface area contributed by atoms with E-state index in [9.17, 15) is 9.36 Å². The summed E-state index contributed by atoms with van der Waals surface area (Å²) < 4.78 is 12.6. The third kappa shape index (κ3) is 15.9. The Kier molecular flexibility index (Phi) is 10.8. The van der Waals surface area contributed by atoms with E-state index >= 15 is 0 Å². The van der Waals surface area contributed by atoms with Gasteiger partial charge >= 0.3 is 51.7 Å². The van der Waals surface area contributed by atoms with Crippen LogP contribution in [-0.4, -0.2) is 64.3 Å². The van der Waals surface area contributed by atoms with Gasteiger partial charge in [-0.05, 0) is 0 Å². The molecule has 0 aromatic heterocycles. The van der Waals surface area contributed by atoms with Gasteiger partial charge in [0.05, 0.1) is 0 Å². The Hall–Kier alpha value is 0.640. The number of carbonyl (C=O) groups is 1. The van der Waals surface area contributed by atoms with Crippen molar-refractivity contribution in [1.82, 2.24) is 0 Å². The SMILES string of the molecule is O.O=C(O)OP(=O)(O)O.[CaH2]. The van der Waals surface area contributed by atoms with Crippen molar-refractivity contribution >= 4 is 51.7 Å². The van der Waals surface area contributed by atoms with Crippen molar-refractivity contribution in [3.05, 3.63) is 0 Å². The molecule has 0 aliphatic heterocycles. The summed E-state index contributed by atoms with van der Waals surface area (Å²) in [5.41, 5.74) is 0. The number of hydrogen-bond acceptors (Lipinski definition) is 3. The Bertz CT molecular complexity index is 137. The van der Waals surface area contributed by atoms with E-state index in [0.29, 0.717) is 0 Å². The van der Waals surface area contributed by atoms with Gasteiger partial charge in [-0.2, -0.15) is 0 Å². The second kappa shape index (κ2) is 6.36. The molecule has 60 valence electrons. The Morgan fingerprint density at radius 3 is 1.70 bits per heavy atom. The van der Waals surface area contributed by atoms with Gasteiger partial charge < -0.3 is 15.1 Å². The number of phosphoric ester groups is 1. The molecule has 5 N–H and O–H groups in total. The van der Waals surface area contributed by atoms with Crippen molar-refractivity contribution in [2.24, 2.45) is 0 Å². The third-order valence-corrected chi connectivity index (χ3v) is 0.591. The van der Waals surface area contributed by atoms with Gasteiger partial charge in [-0.15, -0.1) is 0 Å². The van der Waals surface area contributed by atoms with Crippen LogP contribution in [0.15, 0.2) is 0 Å². The summed E-state index contributed by atoms with van der Waals surface area (Å²) in [5.74, 6) is 0. The maximum absolute atomic E-state index is 9.53. The maximum atomic E-state index is 9.53. The first kappa shape index (κ1) is 16.9. The van der Waals surface area contributed by atoms with Crippen molar-refractivity contribution < 1.29 is 34.3 Å². The molecule has 0 amide bonds. The quantitative estimate of drug-likeness (QED) is 0.333. The zero-order valence-corrected chi connectivity index (χ0v) is 4.91. The summed E-state index contributed by atoms with van der Waals surface area (Å²) in [4.78, 5) is 24.7. The average Bonchev–Trinajstić information content (AvgIpc) is 1.21. The van der Waals surface area contributed by atoms with E-state index in [1.807, 2.05) is 0 Å². The summed E-state index contributed by atoms with van der Waals surface area (Å²) in [6.07, 6.45) is -1.99. The Morgan fingerprint density at radius 2 is 1.70 bits per heavy atom. The van der Waals surface area contributed by atoms with Gasteiger partial charge in [-0.3, -0.25) is 9.79 Å². The van der Waals surface area contributed by atoms with Crippen LogP contribution >= 0.6 is 7.82 Å². The standard InChI is InChI=1S/CH3O6P.Ca.H2O.2H/c2-1(3)7-8(4,5)6;;;;/h(H,2,3)(H2,4,5,6);;1H2;;. The number of carboxylic acid groups (broad SMARTS) is 1. The molecule has 0 atom stereocenters. The zero-order chi connectivity index (χ0) is 6.78. The van der Waals surface area contributed by atoms with E-state index in [1.54, 1.807) is 0 Å². The monoisotopic (exact) mass is 202 g/mol. The van der Waals surface area contributed by atoms with Crippen LogP contribution in [0.4, 0.5) is 4.79 Å². The van der Waals surface area contributed by atoms with Crippen LogP contribution < -0.4 is 0 Å². The predicted octanol–water partition coefficient (Wildman–Crippen LogP) is -1.97. The van der Waals surface area contributed by atoms with Gasteiger partial charge in [0.25, 0.3) is 0 Å². The summed E-state index contributed by atoms with van der Waals surface area (Å²) in [7, 11) is -4.82. The van der Waals surface area contributed by atoms with Crippen molar-refractivity contribution in [3.8, 4) is 0 Å².